The van der Waals surface area contributed by atoms with Crippen LogP contribution in [0.3, 0.4) is 0 Å². The molecule has 8 heteroatoms. The highest BCUT2D eigenvalue weighted by atomic mass is 16.4. The fourth-order valence-corrected chi connectivity index (χ4v) is 2.87. The van der Waals surface area contributed by atoms with E-state index in [1.165, 1.54) is 0 Å². The number of carbonyl (C=O) groups is 3. The van der Waals surface area contributed by atoms with Crippen molar-refractivity contribution in [3.05, 3.63) is 47.9 Å². The summed E-state index contributed by atoms with van der Waals surface area (Å²) in [6, 6.07) is 7.72. The average Bonchev–Trinajstić information content (AvgIpc) is 3.00. The molecule has 0 radical (unpaired) electrons. The van der Waals surface area contributed by atoms with Crippen LogP contribution in [0.4, 0.5) is 16.2 Å². The lowest BCUT2D eigenvalue weighted by Crippen LogP contribution is -2.35. The number of nitrogens with zero attached hydrogens (tertiary/aromatic N) is 1. The normalized spacial score (nSPS) is 14.3. The number of carbonyl (C=O) groups excluding carboxylic acids is 2. The molecule has 0 spiro atoms. The maximum atomic E-state index is 12.3. The molecule has 27 heavy (non-hydrogen) atoms. The number of likely N-dealkylation sites (tertiary alicyclic amines) is 1. The number of nitrogens with one attached hydrogen (secondary N) is 2. The van der Waals surface area contributed by atoms with Gasteiger partial charge in [0.2, 0.25) is 0 Å². The summed E-state index contributed by atoms with van der Waals surface area (Å²) in [5.74, 6) is -1.81. The molecule has 1 aromatic heterocycles. The molecule has 1 saturated heterocycles. The second kappa shape index (κ2) is 8.39. The second-order valence-corrected chi connectivity index (χ2v) is 6.37. The Morgan fingerprint density at radius 3 is 2.07 bits per heavy atom. The van der Waals surface area contributed by atoms with E-state index in [2.05, 4.69) is 10.6 Å². The topological polar surface area (TPSA) is 112 Å². The SMILES string of the molecule is O=C(O)c1coc(C(=O)Nc2ccc(NC(=O)N3CCCCCC3)cc2)c1. The zero-order chi connectivity index (χ0) is 19.2. The molecular weight excluding hydrogens is 350 g/mol. The van der Waals surface area contributed by atoms with Crippen molar-refractivity contribution in [2.75, 3.05) is 23.7 Å². The first-order chi connectivity index (χ1) is 13.0. The molecule has 0 atom stereocenters. The molecule has 2 heterocycles. The summed E-state index contributed by atoms with van der Waals surface area (Å²) in [4.78, 5) is 37.0. The van der Waals surface area contributed by atoms with Crippen LogP contribution in [0.5, 0.6) is 0 Å². The van der Waals surface area contributed by atoms with Gasteiger partial charge < -0.3 is 25.1 Å². The van der Waals surface area contributed by atoms with Crippen molar-refractivity contribution < 1.29 is 23.9 Å². The minimum absolute atomic E-state index is 0.0910. The molecule has 3 rings (SSSR count). The van der Waals surface area contributed by atoms with E-state index in [9.17, 15) is 14.4 Å². The Bertz CT molecular complexity index is 820. The maximum absolute atomic E-state index is 12.3. The van der Waals surface area contributed by atoms with Gasteiger partial charge in [-0.1, -0.05) is 12.8 Å². The molecular formula is C19H21N3O5. The van der Waals surface area contributed by atoms with Gasteiger partial charge in [-0.2, -0.15) is 0 Å². The number of amides is 3. The number of hydrogen-bond acceptors (Lipinski definition) is 4. The molecule has 142 valence electrons. The smallest absolute Gasteiger partial charge is 0.338 e. The van der Waals surface area contributed by atoms with E-state index in [-0.39, 0.29) is 17.4 Å². The lowest BCUT2D eigenvalue weighted by Gasteiger charge is -2.20. The van der Waals surface area contributed by atoms with Crippen molar-refractivity contribution in [2.24, 2.45) is 0 Å². The summed E-state index contributed by atoms with van der Waals surface area (Å²) in [6.07, 6.45) is 5.37. The number of rotatable bonds is 4. The number of urea groups is 1. The first-order valence-electron chi connectivity index (χ1n) is 8.82. The van der Waals surface area contributed by atoms with Gasteiger partial charge in [0.05, 0.1) is 5.56 Å². The fraction of sp³-hybridized carbons (Fsp3) is 0.316. The summed E-state index contributed by atoms with van der Waals surface area (Å²) in [7, 11) is 0. The summed E-state index contributed by atoms with van der Waals surface area (Å²) in [5, 5.41) is 14.3. The van der Waals surface area contributed by atoms with E-state index in [1.807, 2.05) is 4.90 Å². The molecule has 3 amide bonds. The third kappa shape index (κ3) is 4.87. The quantitative estimate of drug-likeness (QED) is 0.760. The predicted molar refractivity (Wildman–Crippen MR) is 99.1 cm³/mol. The molecule has 8 nitrogen and oxygen atoms in total. The minimum Gasteiger partial charge on any atom is -0.478 e. The van der Waals surface area contributed by atoms with Crippen LogP contribution in [0, 0.1) is 0 Å². The predicted octanol–water partition coefficient (Wildman–Crippen LogP) is 3.64. The van der Waals surface area contributed by atoms with Crippen LogP contribution in [0.1, 0.15) is 46.6 Å². The molecule has 0 unspecified atom stereocenters. The Hall–Kier alpha value is -3.29. The van der Waals surface area contributed by atoms with Crippen molar-refractivity contribution >= 4 is 29.3 Å². The van der Waals surface area contributed by atoms with Gasteiger partial charge in [-0.05, 0) is 37.1 Å². The molecule has 0 saturated carbocycles. The van der Waals surface area contributed by atoms with Gasteiger partial charge in [0.25, 0.3) is 5.91 Å². The van der Waals surface area contributed by atoms with Crippen LogP contribution in [-0.4, -0.2) is 41.0 Å². The number of carboxylic acids is 1. The average molecular weight is 371 g/mol. The molecule has 3 N–H and O–H groups in total. The standard InChI is InChI=1S/C19H21N3O5/c23-17(16-11-13(12-27-16)18(24)25)20-14-5-7-15(8-6-14)21-19(26)22-9-3-1-2-4-10-22/h5-8,11-12H,1-4,9-10H2,(H,20,23)(H,21,26)(H,24,25). The van der Waals surface area contributed by atoms with E-state index < -0.39 is 11.9 Å². The monoisotopic (exact) mass is 371 g/mol. The Kier molecular flexibility index (Phi) is 5.75. The number of benzene rings is 1. The van der Waals surface area contributed by atoms with E-state index >= 15 is 0 Å². The third-order valence-electron chi connectivity index (χ3n) is 4.36. The van der Waals surface area contributed by atoms with E-state index in [1.54, 1.807) is 24.3 Å². The Balaban J connectivity index is 1.57. The highest BCUT2D eigenvalue weighted by Gasteiger charge is 2.16. The van der Waals surface area contributed by atoms with Gasteiger partial charge in [-0.15, -0.1) is 0 Å². The van der Waals surface area contributed by atoms with Gasteiger partial charge >= 0.3 is 12.0 Å². The fourth-order valence-electron chi connectivity index (χ4n) is 2.87. The largest absolute Gasteiger partial charge is 0.478 e. The summed E-state index contributed by atoms with van der Waals surface area (Å²) >= 11 is 0. The lowest BCUT2D eigenvalue weighted by atomic mass is 10.2. The van der Waals surface area contributed by atoms with Gasteiger partial charge in [-0.25, -0.2) is 9.59 Å². The lowest BCUT2D eigenvalue weighted by molar-refractivity contribution is 0.0696. The second-order valence-electron chi connectivity index (χ2n) is 6.37. The molecule has 2 aromatic rings. The minimum atomic E-state index is -1.16. The van der Waals surface area contributed by atoms with Crippen molar-refractivity contribution in [1.29, 1.82) is 0 Å². The molecule has 1 fully saturated rings. The van der Waals surface area contributed by atoms with Crippen molar-refractivity contribution in [2.45, 2.75) is 25.7 Å². The Labute approximate surface area is 156 Å². The van der Waals surface area contributed by atoms with Gasteiger partial charge in [0.1, 0.15) is 6.26 Å². The van der Waals surface area contributed by atoms with E-state index in [0.717, 1.165) is 51.1 Å². The van der Waals surface area contributed by atoms with Crippen molar-refractivity contribution in [1.82, 2.24) is 4.90 Å². The molecule has 1 aliphatic rings. The Morgan fingerprint density at radius 2 is 1.52 bits per heavy atom. The number of carboxylic acid groups (broad SMARTS) is 1. The number of aromatic carboxylic acids is 1. The van der Waals surface area contributed by atoms with Crippen LogP contribution in [0.15, 0.2) is 41.0 Å². The molecule has 0 aliphatic carbocycles. The van der Waals surface area contributed by atoms with Crippen LogP contribution < -0.4 is 10.6 Å². The summed E-state index contributed by atoms with van der Waals surface area (Å²) in [5.41, 5.74) is 1.04. The van der Waals surface area contributed by atoms with Crippen molar-refractivity contribution in [3.8, 4) is 0 Å². The van der Waals surface area contributed by atoms with E-state index in [4.69, 9.17) is 9.52 Å². The molecule has 0 bridgehead atoms. The number of furan rings is 1. The zero-order valence-corrected chi connectivity index (χ0v) is 14.7. The van der Waals surface area contributed by atoms with Crippen LogP contribution in [0.25, 0.3) is 0 Å². The third-order valence-corrected chi connectivity index (χ3v) is 4.36. The number of hydrogen-bond donors (Lipinski definition) is 3. The first kappa shape index (κ1) is 18.5. The molecule has 1 aromatic carbocycles. The van der Waals surface area contributed by atoms with Gasteiger partial charge in [0, 0.05) is 30.5 Å². The van der Waals surface area contributed by atoms with Gasteiger partial charge in [-0.3, -0.25) is 4.79 Å². The number of anilines is 2. The van der Waals surface area contributed by atoms with Gasteiger partial charge in [0.15, 0.2) is 5.76 Å². The van der Waals surface area contributed by atoms with Crippen LogP contribution >= 0.6 is 0 Å². The van der Waals surface area contributed by atoms with Crippen LogP contribution in [-0.2, 0) is 0 Å². The zero-order valence-electron chi connectivity index (χ0n) is 14.7. The molecule has 1 aliphatic heterocycles. The van der Waals surface area contributed by atoms with Crippen molar-refractivity contribution in [3.63, 3.8) is 0 Å². The van der Waals surface area contributed by atoms with E-state index in [0.29, 0.717) is 11.4 Å². The highest BCUT2D eigenvalue weighted by molar-refractivity contribution is 6.03. The summed E-state index contributed by atoms with van der Waals surface area (Å²) in [6.45, 7) is 1.53. The highest BCUT2D eigenvalue weighted by Crippen LogP contribution is 2.17. The first-order valence-corrected chi connectivity index (χ1v) is 8.82. The Morgan fingerprint density at radius 1 is 0.926 bits per heavy atom. The maximum Gasteiger partial charge on any atom is 0.338 e. The van der Waals surface area contributed by atoms with Crippen LogP contribution in [0.2, 0.25) is 0 Å². The summed E-state index contributed by atoms with van der Waals surface area (Å²) < 4.78 is 4.96.